The van der Waals surface area contributed by atoms with Crippen molar-refractivity contribution in [2.45, 2.75) is 31.8 Å². The number of hydrogen-bond donors (Lipinski definition) is 2. The van der Waals surface area contributed by atoms with Crippen molar-refractivity contribution in [1.82, 2.24) is 10.2 Å². The Kier molecular flexibility index (Phi) is 5.36. The minimum atomic E-state index is -0.946. The summed E-state index contributed by atoms with van der Waals surface area (Å²) in [5, 5.41) is 11.7. The average Bonchev–Trinajstić information content (AvgIpc) is 2.43. The maximum atomic E-state index is 11.9. The highest BCUT2D eigenvalue weighted by atomic mass is 79.9. The largest absolute Gasteiger partial charge is 0.481 e. The summed E-state index contributed by atoms with van der Waals surface area (Å²) in [4.78, 5) is 24.9. The molecular formula is C15H19BrN2O3. The number of carbonyl (C=O) groups is 2. The second-order valence-corrected chi connectivity index (χ2v) is 6.24. The van der Waals surface area contributed by atoms with Crippen LogP contribution >= 0.6 is 15.9 Å². The molecule has 0 bridgehead atoms. The third-order valence-electron chi connectivity index (χ3n) is 3.75. The number of aliphatic carboxylic acids is 1. The molecule has 1 aromatic carbocycles. The summed E-state index contributed by atoms with van der Waals surface area (Å²) in [6, 6.07) is 7.58. The monoisotopic (exact) mass is 354 g/mol. The van der Waals surface area contributed by atoms with Crippen LogP contribution in [0.1, 0.15) is 18.9 Å². The topological polar surface area (TPSA) is 69.6 Å². The molecule has 0 spiro atoms. The second kappa shape index (κ2) is 7.04. The van der Waals surface area contributed by atoms with Crippen molar-refractivity contribution in [3.63, 3.8) is 0 Å². The Bertz CT molecular complexity index is 518. The van der Waals surface area contributed by atoms with E-state index < -0.39 is 12.0 Å². The van der Waals surface area contributed by atoms with Gasteiger partial charge in [-0.25, -0.2) is 0 Å². The van der Waals surface area contributed by atoms with Gasteiger partial charge in [0.15, 0.2) is 0 Å². The van der Waals surface area contributed by atoms with Gasteiger partial charge in [0.25, 0.3) is 0 Å². The molecule has 1 aromatic rings. The van der Waals surface area contributed by atoms with E-state index >= 15 is 0 Å². The molecular weight excluding hydrogens is 336 g/mol. The highest BCUT2D eigenvalue weighted by molar-refractivity contribution is 9.10. The van der Waals surface area contributed by atoms with Gasteiger partial charge < -0.3 is 10.4 Å². The molecule has 0 aromatic heterocycles. The predicted molar refractivity (Wildman–Crippen MR) is 83.1 cm³/mol. The Balaban J connectivity index is 2.07. The maximum Gasteiger partial charge on any atom is 0.305 e. The average molecular weight is 355 g/mol. The van der Waals surface area contributed by atoms with E-state index in [1.54, 1.807) is 0 Å². The van der Waals surface area contributed by atoms with E-state index in [1.807, 2.05) is 36.1 Å². The van der Waals surface area contributed by atoms with E-state index in [2.05, 4.69) is 21.2 Å². The van der Waals surface area contributed by atoms with Crippen LogP contribution in [-0.2, 0) is 16.0 Å². The first-order valence-electron chi connectivity index (χ1n) is 6.97. The van der Waals surface area contributed by atoms with E-state index in [0.717, 1.165) is 10.9 Å². The first kappa shape index (κ1) is 16.0. The zero-order valence-electron chi connectivity index (χ0n) is 11.9. The molecule has 2 rings (SSSR count). The van der Waals surface area contributed by atoms with Crippen molar-refractivity contribution in [2.75, 3.05) is 13.1 Å². The molecule has 2 N–H and O–H groups in total. The standard InChI is InChI=1S/C15H19BrN2O3/c1-10(8-11-2-4-12(16)5-3-11)18-7-6-17-15(21)13(18)9-14(19)20/h2-5,10,13H,6-9H2,1H3,(H,17,21)(H,19,20). The van der Waals surface area contributed by atoms with E-state index in [4.69, 9.17) is 5.11 Å². The first-order valence-corrected chi connectivity index (χ1v) is 7.76. The molecule has 1 aliphatic rings. The summed E-state index contributed by atoms with van der Waals surface area (Å²) in [6.45, 7) is 3.29. The molecule has 0 aliphatic carbocycles. The van der Waals surface area contributed by atoms with Crippen LogP contribution in [0.25, 0.3) is 0 Å². The van der Waals surface area contributed by atoms with Gasteiger partial charge in [0.05, 0.1) is 12.5 Å². The number of carbonyl (C=O) groups excluding carboxylic acids is 1. The maximum absolute atomic E-state index is 11.9. The summed E-state index contributed by atoms with van der Waals surface area (Å²) in [5.74, 6) is -1.14. The minimum absolute atomic E-state index is 0.113. The van der Waals surface area contributed by atoms with Crippen molar-refractivity contribution in [3.05, 3.63) is 34.3 Å². The highest BCUT2D eigenvalue weighted by Gasteiger charge is 2.34. The van der Waals surface area contributed by atoms with E-state index in [1.165, 1.54) is 5.56 Å². The SMILES string of the molecule is CC(Cc1ccc(Br)cc1)N1CCNC(=O)C1CC(=O)O. The predicted octanol–water partition coefficient (Wildman–Crippen LogP) is 1.66. The van der Waals surface area contributed by atoms with Crippen molar-refractivity contribution in [1.29, 1.82) is 0 Å². The lowest BCUT2D eigenvalue weighted by Crippen LogP contribution is -2.58. The Labute approximate surface area is 132 Å². The molecule has 2 atom stereocenters. The number of benzene rings is 1. The minimum Gasteiger partial charge on any atom is -0.481 e. The van der Waals surface area contributed by atoms with Gasteiger partial charge >= 0.3 is 5.97 Å². The van der Waals surface area contributed by atoms with Gasteiger partial charge in [0.1, 0.15) is 0 Å². The zero-order chi connectivity index (χ0) is 15.4. The molecule has 0 saturated carbocycles. The van der Waals surface area contributed by atoms with Crippen LogP contribution in [0.4, 0.5) is 0 Å². The second-order valence-electron chi connectivity index (χ2n) is 5.32. The molecule has 5 nitrogen and oxygen atoms in total. The van der Waals surface area contributed by atoms with Crippen LogP contribution in [0, 0.1) is 0 Å². The van der Waals surface area contributed by atoms with Crippen LogP contribution in [0.3, 0.4) is 0 Å². The summed E-state index contributed by atoms with van der Waals surface area (Å²) in [6.07, 6.45) is 0.632. The smallest absolute Gasteiger partial charge is 0.305 e. The van der Waals surface area contributed by atoms with Gasteiger partial charge in [-0.2, -0.15) is 0 Å². The van der Waals surface area contributed by atoms with Gasteiger partial charge in [0.2, 0.25) is 5.91 Å². The fraction of sp³-hybridized carbons (Fsp3) is 0.467. The fourth-order valence-corrected chi connectivity index (χ4v) is 2.98. The van der Waals surface area contributed by atoms with Gasteiger partial charge in [-0.1, -0.05) is 28.1 Å². The first-order chi connectivity index (χ1) is 9.97. The molecule has 1 saturated heterocycles. The molecule has 114 valence electrons. The van der Waals surface area contributed by atoms with Gasteiger partial charge in [-0.15, -0.1) is 0 Å². The zero-order valence-corrected chi connectivity index (χ0v) is 13.5. The van der Waals surface area contributed by atoms with Crippen molar-refractivity contribution in [3.8, 4) is 0 Å². The lowest BCUT2D eigenvalue weighted by Gasteiger charge is -2.38. The van der Waals surface area contributed by atoms with E-state index in [9.17, 15) is 9.59 Å². The number of rotatable bonds is 5. The summed E-state index contributed by atoms with van der Waals surface area (Å²) >= 11 is 3.40. The van der Waals surface area contributed by atoms with Crippen LogP contribution in [0.2, 0.25) is 0 Å². The lowest BCUT2D eigenvalue weighted by molar-refractivity contribution is -0.143. The number of carboxylic acid groups (broad SMARTS) is 1. The van der Waals surface area contributed by atoms with Crippen molar-refractivity contribution in [2.24, 2.45) is 0 Å². The molecule has 0 radical (unpaired) electrons. The van der Waals surface area contributed by atoms with Gasteiger partial charge in [-0.05, 0) is 31.0 Å². The Hall–Kier alpha value is -1.40. The van der Waals surface area contributed by atoms with Crippen molar-refractivity contribution >= 4 is 27.8 Å². The number of halogens is 1. The number of piperazine rings is 1. The van der Waals surface area contributed by atoms with Crippen LogP contribution in [-0.4, -0.2) is 47.1 Å². The molecule has 1 aliphatic heterocycles. The summed E-state index contributed by atoms with van der Waals surface area (Å²) in [5.41, 5.74) is 1.17. The molecule has 6 heteroatoms. The molecule has 1 amide bonds. The highest BCUT2D eigenvalue weighted by Crippen LogP contribution is 2.18. The molecule has 1 fully saturated rings. The quantitative estimate of drug-likeness (QED) is 0.843. The summed E-state index contributed by atoms with van der Waals surface area (Å²) in [7, 11) is 0. The van der Waals surface area contributed by atoms with E-state index in [-0.39, 0.29) is 18.4 Å². The number of nitrogens with one attached hydrogen (secondary N) is 1. The molecule has 2 unspecified atom stereocenters. The third-order valence-corrected chi connectivity index (χ3v) is 4.28. The normalized spacial score (nSPS) is 20.9. The van der Waals surface area contributed by atoms with Gasteiger partial charge in [0, 0.05) is 23.6 Å². The van der Waals surface area contributed by atoms with Gasteiger partial charge in [-0.3, -0.25) is 14.5 Å². The molecule has 1 heterocycles. The van der Waals surface area contributed by atoms with Crippen LogP contribution < -0.4 is 5.32 Å². The third kappa shape index (κ3) is 4.28. The Morgan fingerprint density at radius 3 is 2.76 bits per heavy atom. The number of nitrogens with zero attached hydrogens (tertiary/aromatic N) is 1. The molecule has 21 heavy (non-hydrogen) atoms. The number of amides is 1. The Morgan fingerprint density at radius 1 is 1.48 bits per heavy atom. The number of hydrogen-bond acceptors (Lipinski definition) is 3. The lowest BCUT2D eigenvalue weighted by atomic mass is 10.0. The van der Waals surface area contributed by atoms with Crippen LogP contribution in [0.15, 0.2) is 28.7 Å². The van der Waals surface area contributed by atoms with Crippen LogP contribution in [0.5, 0.6) is 0 Å². The fourth-order valence-electron chi connectivity index (χ4n) is 2.71. The van der Waals surface area contributed by atoms with Crippen molar-refractivity contribution < 1.29 is 14.7 Å². The summed E-state index contributed by atoms with van der Waals surface area (Å²) < 4.78 is 1.03. The Morgan fingerprint density at radius 2 is 2.14 bits per heavy atom. The number of carboxylic acids is 1. The van der Waals surface area contributed by atoms with E-state index in [0.29, 0.717) is 13.1 Å².